The lowest BCUT2D eigenvalue weighted by atomic mass is 10.2. The first-order valence-corrected chi connectivity index (χ1v) is 6.17. The van der Waals surface area contributed by atoms with Gasteiger partial charge in [0.25, 0.3) is 0 Å². The first-order chi connectivity index (χ1) is 7.59. The minimum absolute atomic E-state index is 0.221. The maximum absolute atomic E-state index is 10.3. The maximum atomic E-state index is 10.3. The third-order valence-corrected chi connectivity index (χ3v) is 2.99. The van der Waals surface area contributed by atoms with Crippen molar-refractivity contribution in [2.24, 2.45) is 0 Å². The van der Waals surface area contributed by atoms with Crippen LogP contribution in [0.25, 0.3) is 0 Å². The van der Waals surface area contributed by atoms with Crippen LogP contribution in [0.3, 0.4) is 0 Å². The summed E-state index contributed by atoms with van der Waals surface area (Å²) in [5, 5.41) is 12.3. The minimum atomic E-state index is -0.746. The van der Waals surface area contributed by atoms with Crippen LogP contribution in [0.2, 0.25) is 5.02 Å². The van der Waals surface area contributed by atoms with Gasteiger partial charge in [0.2, 0.25) is 0 Å². The monoisotopic (exact) mass is 305 g/mol. The highest BCUT2D eigenvalue weighted by molar-refractivity contribution is 9.10. The fourth-order valence-corrected chi connectivity index (χ4v) is 1.82. The Balaban J connectivity index is 2.31. The normalized spacial score (nSPS) is 10.1. The Labute approximate surface area is 108 Å². The quantitative estimate of drug-likeness (QED) is 0.787. The second-order valence-corrected chi connectivity index (χ2v) is 4.69. The molecule has 0 amide bonds. The number of nitrogens with one attached hydrogen (secondary N) is 1. The van der Waals surface area contributed by atoms with Crippen LogP contribution >= 0.6 is 27.5 Å². The van der Waals surface area contributed by atoms with Gasteiger partial charge in [-0.25, -0.2) is 0 Å². The van der Waals surface area contributed by atoms with Crippen molar-refractivity contribution in [1.82, 2.24) is 0 Å². The van der Waals surface area contributed by atoms with Gasteiger partial charge in [-0.3, -0.25) is 4.79 Å². The number of anilines is 1. The van der Waals surface area contributed by atoms with Crippen LogP contribution in [0.1, 0.15) is 19.3 Å². The summed E-state index contributed by atoms with van der Waals surface area (Å²) < 4.78 is 0.954. The molecule has 0 aromatic heterocycles. The van der Waals surface area contributed by atoms with Crippen molar-refractivity contribution in [2.45, 2.75) is 19.3 Å². The standard InChI is InChI=1S/C11H13BrClNO2/c12-9-5-4-8(13)7-10(9)14-6-2-1-3-11(15)16/h4-5,7,14H,1-3,6H2,(H,15,16). The van der Waals surface area contributed by atoms with Crippen LogP contribution < -0.4 is 5.32 Å². The Morgan fingerprint density at radius 1 is 1.44 bits per heavy atom. The summed E-state index contributed by atoms with van der Waals surface area (Å²) in [6, 6.07) is 5.52. The summed E-state index contributed by atoms with van der Waals surface area (Å²) in [5.74, 6) is -0.746. The van der Waals surface area contributed by atoms with E-state index in [2.05, 4.69) is 21.2 Å². The number of unbranched alkanes of at least 4 members (excludes halogenated alkanes) is 1. The predicted octanol–water partition coefficient (Wildman–Crippen LogP) is 3.77. The van der Waals surface area contributed by atoms with Crippen molar-refractivity contribution in [3.63, 3.8) is 0 Å². The van der Waals surface area contributed by atoms with Gasteiger partial charge in [0.15, 0.2) is 0 Å². The molecule has 0 saturated carbocycles. The van der Waals surface area contributed by atoms with E-state index in [0.29, 0.717) is 11.4 Å². The zero-order chi connectivity index (χ0) is 12.0. The molecular weight excluding hydrogens is 293 g/mol. The Morgan fingerprint density at radius 3 is 2.88 bits per heavy atom. The summed E-state index contributed by atoms with van der Waals surface area (Å²) in [6.45, 7) is 0.742. The maximum Gasteiger partial charge on any atom is 0.303 e. The Kier molecular flexibility index (Phi) is 5.63. The van der Waals surface area contributed by atoms with Gasteiger partial charge in [0, 0.05) is 28.1 Å². The van der Waals surface area contributed by atoms with Gasteiger partial charge in [-0.15, -0.1) is 0 Å². The van der Waals surface area contributed by atoms with E-state index in [4.69, 9.17) is 16.7 Å². The average molecular weight is 307 g/mol. The van der Waals surface area contributed by atoms with E-state index >= 15 is 0 Å². The number of carboxylic acid groups (broad SMARTS) is 1. The van der Waals surface area contributed by atoms with E-state index in [1.54, 1.807) is 6.07 Å². The number of carboxylic acids is 1. The van der Waals surface area contributed by atoms with Gasteiger partial charge in [0.05, 0.1) is 0 Å². The van der Waals surface area contributed by atoms with E-state index in [0.717, 1.165) is 23.1 Å². The van der Waals surface area contributed by atoms with Crippen molar-refractivity contribution >= 4 is 39.2 Å². The fourth-order valence-electron chi connectivity index (χ4n) is 1.26. The SMILES string of the molecule is O=C(O)CCCCNc1cc(Cl)ccc1Br. The molecule has 0 heterocycles. The summed E-state index contributed by atoms with van der Waals surface area (Å²) in [6.07, 6.45) is 1.73. The molecule has 0 spiro atoms. The fraction of sp³-hybridized carbons (Fsp3) is 0.364. The largest absolute Gasteiger partial charge is 0.481 e. The van der Waals surface area contributed by atoms with E-state index in [9.17, 15) is 4.79 Å². The molecule has 0 bridgehead atoms. The molecule has 0 saturated heterocycles. The molecule has 3 nitrogen and oxygen atoms in total. The highest BCUT2D eigenvalue weighted by Gasteiger charge is 2.00. The lowest BCUT2D eigenvalue weighted by Crippen LogP contribution is -2.03. The van der Waals surface area contributed by atoms with Crippen LogP contribution in [-0.4, -0.2) is 17.6 Å². The van der Waals surface area contributed by atoms with E-state index < -0.39 is 5.97 Å². The molecule has 0 aliphatic heterocycles. The van der Waals surface area contributed by atoms with Crippen LogP contribution in [-0.2, 0) is 4.79 Å². The van der Waals surface area contributed by atoms with Gasteiger partial charge in [-0.1, -0.05) is 11.6 Å². The number of carbonyl (C=O) groups is 1. The molecule has 88 valence electrons. The Hall–Kier alpha value is -0.740. The molecule has 5 heteroatoms. The third kappa shape index (κ3) is 4.86. The first-order valence-electron chi connectivity index (χ1n) is 5.00. The zero-order valence-corrected chi connectivity index (χ0v) is 11.0. The summed E-state index contributed by atoms with van der Waals surface area (Å²) in [7, 11) is 0. The molecular formula is C11H13BrClNO2. The highest BCUT2D eigenvalue weighted by Crippen LogP contribution is 2.25. The number of rotatable bonds is 6. The summed E-state index contributed by atoms with van der Waals surface area (Å²) in [4.78, 5) is 10.3. The van der Waals surface area contributed by atoms with E-state index in [1.807, 2.05) is 12.1 Å². The van der Waals surface area contributed by atoms with Crippen LogP contribution in [0.4, 0.5) is 5.69 Å². The molecule has 1 rings (SSSR count). The molecule has 1 aromatic rings. The van der Waals surface area contributed by atoms with Crippen LogP contribution in [0, 0.1) is 0 Å². The van der Waals surface area contributed by atoms with Crippen molar-refractivity contribution in [3.05, 3.63) is 27.7 Å². The molecule has 0 atom stereocenters. The number of aliphatic carboxylic acids is 1. The van der Waals surface area contributed by atoms with Gasteiger partial charge < -0.3 is 10.4 Å². The zero-order valence-electron chi connectivity index (χ0n) is 8.67. The number of halogens is 2. The molecule has 0 aliphatic rings. The van der Waals surface area contributed by atoms with Crippen LogP contribution in [0.15, 0.2) is 22.7 Å². The second-order valence-electron chi connectivity index (χ2n) is 3.40. The van der Waals surface area contributed by atoms with Crippen molar-refractivity contribution < 1.29 is 9.90 Å². The molecule has 0 radical (unpaired) electrons. The lowest BCUT2D eigenvalue weighted by Gasteiger charge is -2.08. The molecule has 0 fully saturated rings. The van der Waals surface area contributed by atoms with Crippen LogP contribution in [0.5, 0.6) is 0 Å². The second kappa shape index (κ2) is 6.76. The summed E-state index contributed by atoms with van der Waals surface area (Å²) in [5.41, 5.74) is 0.933. The Morgan fingerprint density at radius 2 is 2.19 bits per heavy atom. The molecule has 1 aromatic carbocycles. The average Bonchev–Trinajstić information content (AvgIpc) is 2.22. The third-order valence-electron chi connectivity index (χ3n) is 2.06. The van der Waals surface area contributed by atoms with E-state index in [1.165, 1.54) is 0 Å². The molecule has 16 heavy (non-hydrogen) atoms. The van der Waals surface area contributed by atoms with Gasteiger partial charge in [-0.05, 0) is 47.0 Å². The van der Waals surface area contributed by atoms with E-state index in [-0.39, 0.29) is 6.42 Å². The van der Waals surface area contributed by atoms with Gasteiger partial charge >= 0.3 is 5.97 Å². The Bertz CT molecular complexity index is 371. The van der Waals surface area contributed by atoms with Crippen molar-refractivity contribution in [1.29, 1.82) is 0 Å². The molecule has 2 N–H and O–H groups in total. The minimum Gasteiger partial charge on any atom is -0.481 e. The van der Waals surface area contributed by atoms with Crippen molar-refractivity contribution in [2.75, 3.05) is 11.9 Å². The molecule has 0 unspecified atom stereocenters. The van der Waals surface area contributed by atoms with Gasteiger partial charge in [0.1, 0.15) is 0 Å². The lowest BCUT2D eigenvalue weighted by molar-refractivity contribution is -0.137. The number of benzene rings is 1. The topological polar surface area (TPSA) is 49.3 Å². The first kappa shape index (κ1) is 13.3. The number of hydrogen-bond donors (Lipinski definition) is 2. The van der Waals surface area contributed by atoms with Crippen molar-refractivity contribution in [3.8, 4) is 0 Å². The van der Waals surface area contributed by atoms with Gasteiger partial charge in [-0.2, -0.15) is 0 Å². The molecule has 0 aliphatic carbocycles. The predicted molar refractivity (Wildman–Crippen MR) is 69.1 cm³/mol. The number of hydrogen-bond acceptors (Lipinski definition) is 2. The smallest absolute Gasteiger partial charge is 0.303 e. The highest BCUT2D eigenvalue weighted by atomic mass is 79.9. The summed E-state index contributed by atoms with van der Waals surface area (Å²) >= 11 is 9.27.